The van der Waals surface area contributed by atoms with Crippen molar-refractivity contribution in [2.75, 3.05) is 6.61 Å². The van der Waals surface area contributed by atoms with Crippen LogP contribution in [-0.2, 0) is 22.6 Å². The van der Waals surface area contributed by atoms with E-state index >= 15 is 0 Å². The molecule has 2 atom stereocenters. The first-order valence-electron chi connectivity index (χ1n) is 10.4. The summed E-state index contributed by atoms with van der Waals surface area (Å²) in [7, 11) is 0. The number of halogens is 2. The second-order valence-corrected chi connectivity index (χ2v) is 7.80. The number of aromatic nitrogens is 1. The summed E-state index contributed by atoms with van der Waals surface area (Å²) in [4.78, 5) is 52.5. The molecule has 2 aliphatic heterocycles. The number of rotatable bonds is 5. The zero-order chi connectivity index (χ0) is 23.9. The third-order valence-electron chi connectivity index (χ3n) is 5.55. The Morgan fingerprint density at radius 3 is 2.73 bits per heavy atom. The molecule has 2 aromatic rings. The SMILES string of the molecule is CCC(=O)Oc1c2n(cc(C(=O)NCc3ccc(F)cc3F)c1=O)CC1OCC(C)N1C2=O. The number of carbonyl (C=O) groups is 3. The molecule has 1 N–H and O–H groups in total. The van der Waals surface area contributed by atoms with Crippen LogP contribution in [0.1, 0.15) is 46.7 Å². The molecule has 0 saturated carbocycles. The van der Waals surface area contributed by atoms with E-state index < -0.39 is 52.4 Å². The lowest BCUT2D eigenvalue weighted by atomic mass is 10.1. The minimum Gasteiger partial charge on any atom is -0.420 e. The van der Waals surface area contributed by atoms with Gasteiger partial charge in [0.1, 0.15) is 17.2 Å². The molecule has 2 amide bonds. The van der Waals surface area contributed by atoms with E-state index in [1.54, 1.807) is 6.92 Å². The van der Waals surface area contributed by atoms with Crippen molar-refractivity contribution in [3.8, 4) is 5.75 Å². The van der Waals surface area contributed by atoms with Crippen LogP contribution in [0.3, 0.4) is 0 Å². The van der Waals surface area contributed by atoms with E-state index in [9.17, 15) is 28.0 Å². The molecule has 1 fully saturated rings. The van der Waals surface area contributed by atoms with Crippen molar-refractivity contribution in [3.63, 3.8) is 0 Å². The lowest BCUT2D eigenvalue weighted by Crippen LogP contribution is -2.49. The van der Waals surface area contributed by atoms with Crippen molar-refractivity contribution >= 4 is 17.8 Å². The van der Waals surface area contributed by atoms with Gasteiger partial charge in [-0.15, -0.1) is 0 Å². The maximum atomic E-state index is 13.9. The predicted octanol–water partition coefficient (Wildman–Crippen LogP) is 1.57. The highest BCUT2D eigenvalue weighted by atomic mass is 19.1. The second-order valence-electron chi connectivity index (χ2n) is 7.80. The van der Waals surface area contributed by atoms with Crippen LogP contribution in [0.5, 0.6) is 5.75 Å². The summed E-state index contributed by atoms with van der Waals surface area (Å²) < 4.78 is 39.1. The maximum Gasteiger partial charge on any atom is 0.311 e. The molecule has 2 unspecified atom stereocenters. The van der Waals surface area contributed by atoms with Crippen molar-refractivity contribution in [3.05, 3.63) is 63.1 Å². The average molecular weight is 461 g/mol. The molecule has 1 aromatic carbocycles. The molecule has 33 heavy (non-hydrogen) atoms. The molecule has 11 heteroatoms. The van der Waals surface area contributed by atoms with Crippen molar-refractivity contribution in [2.45, 2.75) is 45.6 Å². The molecule has 0 aliphatic carbocycles. The molecular weight excluding hydrogens is 440 g/mol. The molecular formula is C22H21F2N3O6. The van der Waals surface area contributed by atoms with E-state index in [0.29, 0.717) is 12.7 Å². The van der Waals surface area contributed by atoms with E-state index in [2.05, 4.69) is 5.32 Å². The van der Waals surface area contributed by atoms with Gasteiger partial charge in [-0.2, -0.15) is 0 Å². The summed E-state index contributed by atoms with van der Waals surface area (Å²) in [5.41, 5.74) is -1.47. The van der Waals surface area contributed by atoms with Gasteiger partial charge < -0.3 is 24.3 Å². The Morgan fingerprint density at radius 1 is 1.27 bits per heavy atom. The van der Waals surface area contributed by atoms with E-state index in [1.165, 1.54) is 28.7 Å². The van der Waals surface area contributed by atoms with Crippen LogP contribution < -0.4 is 15.5 Å². The van der Waals surface area contributed by atoms with Crippen LogP contribution in [0.4, 0.5) is 8.78 Å². The Hall–Kier alpha value is -3.60. The topological polar surface area (TPSA) is 107 Å². The Morgan fingerprint density at radius 2 is 2.03 bits per heavy atom. The highest BCUT2D eigenvalue weighted by Gasteiger charge is 2.43. The van der Waals surface area contributed by atoms with Gasteiger partial charge in [-0.05, 0) is 13.0 Å². The van der Waals surface area contributed by atoms with Gasteiger partial charge in [0.15, 0.2) is 11.9 Å². The predicted molar refractivity (Wildman–Crippen MR) is 110 cm³/mol. The zero-order valence-corrected chi connectivity index (χ0v) is 17.9. The quantitative estimate of drug-likeness (QED) is 0.678. The molecule has 1 aromatic heterocycles. The first-order valence-corrected chi connectivity index (χ1v) is 10.4. The summed E-state index contributed by atoms with van der Waals surface area (Å²) in [6, 6.07) is 2.65. The standard InChI is InChI=1S/C22H21F2N3O6/c1-3-17(28)33-20-18-22(31)27-11(2)10-32-16(27)9-26(18)8-14(19(20)29)21(30)25-7-12-4-5-13(23)6-15(12)24/h4-6,8,11,16H,3,7,9-10H2,1-2H3,(H,25,30). The lowest BCUT2D eigenvalue weighted by molar-refractivity contribution is -0.134. The van der Waals surface area contributed by atoms with Crippen LogP contribution in [-0.4, -0.2) is 46.1 Å². The van der Waals surface area contributed by atoms with Crippen LogP contribution >= 0.6 is 0 Å². The Bertz CT molecular complexity index is 1210. The molecule has 0 spiro atoms. The number of ether oxygens (including phenoxy) is 2. The summed E-state index contributed by atoms with van der Waals surface area (Å²) >= 11 is 0. The smallest absolute Gasteiger partial charge is 0.311 e. The molecule has 174 valence electrons. The molecule has 3 heterocycles. The minimum atomic E-state index is -0.945. The van der Waals surface area contributed by atoms with Crippen LogP contribution in [0.15, 0.2) is 29.2 Å². The van der Waals surface area contributed by atoms with Gasteiger partial charge in [-0.25, -0.2) is 8.78 Å². The number of nitrogens with zero attached hydrogens (tertiary/aromatic N) is 2. The number of hydrogen-bond donors (Lipinski definition) is 1. The molecule has 9 nitrogen and oxygen atoms in total. The van der Waals surface area contributed by atoms with Crippen molar-refractivity contribution < 1.29 is 32.6 Å². The number of pyridine rings is 1. The first-order chi connectivity index (χ1) is 15.7. The van der Waals surface area contributed by atoms with Crippen LogP contribution in [0.2, 0.25) is 0 Å². The fraction of sp³-hybridized carbons (Fsp3) is 0.364. The fourth-order valence-corrected chi connectivity index (χ4v) is 3.84. The van der Waals surface area contributed by atoms with Gasteiger partial charge in [0.2, 0.25) is 11.2 Å². The number of nitrogens with one attached hydrogen (secondary N) is 1. The number of esters is 1. The Balaban J connectivity index is 1.71. The van der Waals surface area contributed by atoms with E-state index in [-0.39, 0.29) is 36.8 Å². The van der Waals surface area contributed by atoms with E-state index in [1.807, 2.05) is 0 Å². The minimum absolute atomic E-state index is 0.0135. The lowest BCUT2D eigenvalue weighted by Gasteiger charge is -2.34. The number of benzene rings is 1. The normalized spacial score (nSPS) is 19.2. The fourth-order valence-electron chi connectivity index (χ4n) is 3.84. The van der Waals surface area contributed by atoms with Gasteiger partial charge in [-0.1, -0.05) is 13.0 Å². The van der Waals surface area contributed by atoms with E-state index in [0.717, 1.165) is 6.07 Å². The average Bonchev–Trinajstić information content (AvgIpc) is 3.15. The number of hydrogen-bond acceptors (Lipinski definition) is 6. The Labute approximate surface area is 186 Å². The molecule has 0 bridgehead atoms. The van der Waals surface area contributed by atoms with E-state index in [4.69, 9.17) is 9.47 Å². The largest absolute Gasteiger partial charge is 0.420 e. The number of fused-ring (bicyclic) bond motifs is 2. The Kier molecular flexibility index (Phi) is 5.98. The van der Waals surface area contributed by atoms with Crippen LogP contribution in [0.25, 0.3) is 0 Å². The number of carbonyl (C=O) groups excluding carboxylic acids is 3. The van der Waals surface area contributed by atoms with Crippen LogP contribution in [0, 0.1) is 11.6 Å². The third kappa shape index (κ3) is 4.11. The summed E-state index contributed by atoms with van der Waals surface area (Å²) in [5.74, 6) is -4.32. The molecule has 1 saturated heterocycles. The van der Waals surface area contributed by atoms with Gasteiger partial charge in [0.05, 0.1) is 19.2 Å². The molecule has 0 radical (unpaired) electrons. The second kappa shape index (κ2) is 8.74. The third-order valence-corrected chi connectivity index (χ3v) is 5.55. The van der Waals surface area contributed by atoms with Crippen molar-refractivity contribution in [2.24, 2.45) is 0 Å². The summed E-state index contributed by atoms with van der Waals surface area (Å²) in [6.07, 6.45) is 0.541. The van der Waals surface area contributed by atoms with Gasteiger partial charge in [-0.3, -0.25) is 19.2 Å². The molecule has 4 rings (SSSR count). The van der Waals surface area contributed by atoms with Crippen molar-refractivity contribution in [1.82, 2.24) is 14.8 Å². The first kappa shape index (κ1) is 22.6. The number of amides is 2. The maximum absolute atomic E-state index is 13.9. The zero-order valence-electron chi connectivity index (χ0n) is 17.9. The summed E-state index contributed by atoms with van der Waals surface area (Å²) in [6.45, 7) is 3.42. The highest BCUT2D eigenvalue weighted by molar-refractivity contribution is 6.00. The van der Waals surface area contributed by atoms with Gasteiger partial charge >= 0.3 is 5.97 Å². The van der Waals surface area contributed by atoms with Gasteiger partial charge in [0.25, 0.3) is 11.8 Å². The summed E-state index contributed by atoms with van der Waals surface area (Å²) in [5, 5.41) is 2.40. The monoisotopic (exact) mass is 461 g/mol. The van der Waals surface area contributed by atoms with Crippen molar-refractivity contribution in [1.29, 1.82) is 0 Å². The highest BCUT2D eigenvalue weighted by Crippen LogP contribution is 2.30. The van der Waals surface area contributed by atoms with Gasteiger partial charge in [0, 0.05) is 30.8 Å². The molecule has 2 aliphatic rings.